The summed E-state index contributed by atoms with van der Waals surface area (Å²) in [6.45, 7) is 4.92. The number of unbranched alkanes of at least 4 members (excludes halogenated alkanes) is 40. The Labute approximate surface area is 430 Å². The molecule has 0 aromatic rings. The van der Waals surface area contributed by atoms with E-state index in [4.69, 9.17) is 4.74 Å². The van der Waals surface area contributed by atoms with E-state index in [1.807, 2.05) is 0 Å². The lowest BCUT2D eigenvalue weighted by atomic mass is 10.0. The maximum absolute atomic E-state index is 12.4. The molecule has 0 rings (SSSR count). The number of carbonyl (C=O) groups excluding carboxylic acids is 2. The van der Waals surface area contributed by atoms with Crippen LogP contribution in [0.1, 0.15) is 328 Å². The molecule has 6 nitrogen and oxygen atoms in total. The standard InChI is InChI=1S/C63H119NO5/c1-3-5-7-9-11-13-15-16-17-18-24-28-31-34-37-41-45-49-53-57-63(68)69-58-54-50-46-42-38-35-32-29-26-23-21-19-20-22-25-27-30-33-36-40-44-48-52-56-62(67)64-60(59-65)61(66)55-51-47-43-39-14-12-10-8-6-4-2/h11,13,16-17,22,25,60-61,65-66H,3-10,12,14-15,18-21,23-24,26-59H2,1-2H3,(H,64,67)/b13-11-,17-16-,25-22-. The summed E-state index contributed by atoms with van der Waals surface area (Å²) in [6, 6.07) is -0.544. The number of allylic oxidation sites excluding steroid dienone is 6. The van der Waals surface area contributed by atoms with Crippen LogP contribution in [0.3, 0.4) is 0 Å². The third kappa shape index (κ3) is 55.2. The topological polar surface area (TPSA) is 95.9 Å². The van der Waals surface area contributed by atoms with Crippen LogP contribution in [0.25, 0.3) is 0 Å². The first-order chi connectivity index (χ1) is 34.0. The fourth-order valence-electron chi connectivity index (χ4n) is 9.43. The number of nitrogens with one attached hydrogen (secondary N) is 1. The van der Waals surface area contributed by atoms with Crippen LogP contribution < -0.4 is 5.32 Å². The van der Waals surface area contributed by atoms with E-state index in [-0.39, 0.29) is 18.5 Å². The average molecular weight is 971 g/mol. The predicted octanol–water partition coefficient (Wildman–Crippen LogP) is 19.2. The van der Waals surface area contributed by atoms with Gasteiger partial charge in [-0.1, -0.05) is 269 Å². The molecular formula is C63H119NO5. The van der Waals surface area contributed by atoms with Crippen LogP contribution in [0.4, 0.5) is 0 Å². The zero-order valence-corrected chi connectivity index (χ0v) is 46.3. The molecule has 0 heterocycles. The maximum Gasteiger partial charge on any atom is 0.305 e. The quantitative estimate of drug-likeness (QED) is 0.0321. The second kappa shape index (κ2) is 58.6. The lowest BCUT2D eigenvalue weighted by molar-refractivity contribution is -0.143. The van der Waals surface area contributed by atoms with Gasteiger partial charge in [0.05, 0.1) is 25.4 Å². The molecule has 0 saturated heterocycles. The van der Waals surface area contributed by atoms with Crippen molar-refractivity contribution in [3.8, 4) is 0 Å². The Morgan fingerprint density at radius 1 is 0.406 bits per heavy atom. The SMILES string of the molecule is CCCCC/C=C\C/C=C\CCCCCCCCCCCC(=O)OCCCCCCCCCCCCCC/C=C\CCCCCCCCCC(=O)NC(CO)C(O)CCCCCCCCCCCC. The molecule has 3 N–H and O–H groups in total. The molecule has 6 heteroatoms. The van der Waals surface area contributed by atoms with Crippen molar-refractivity contribution in [2.24, 2.45) is 0 Å². The number of rotatable bonds is 57. The van der Waals surface area contributed by atoms with Crippen LogP contribution in [0.2, 0.25) is 0 Å². The van der Waals surface area contributed by atoms with Crippen LogP contribution in [-0.2, 0) is 14.3 Å². The number of aliphatic hydroxyl groups is 2. The average Bonchev–Trinajstić information content (AvgIpc) is 3.35. The van der Waals surface area contributed by atoms with Crippen LogP contribution in [0, 0.1) is 0 Å². The van der Waals surface area contributed by atoms with Gasteiger partial charge < -0.3 is 20.3 Å². The van der Waals surface area contributed by atoms with Crippen LogP contribution >= 0.6 is 0 Å². The molecular weight excluding hydrogens is 851 g/mol. The van der Waals surface area contributed by atoms with Gasteiger partial charge in [-0.15, -0.1) is 0 Å². The molecule has 0 saturated carbocycles. The van der Waals surface area contributed by atoms with Crippen molar-refractivity contribution in [1.29, 1.82) is 0 Å². The van der Waals surface area contributed by atoms with Crippen LogP contribution in [0.5, 0.6) is 0 Å². The summed E-state index contributed by atoms with van der Waals surface area (Å²) < 4.78 is 5.50. The van der Waals surface area contributed by atoms with Crippen molar-refractivity contribution in [2.45, 2.75) is 341 Å². The minimum atomic E-state index is -0.666. The highest BCUT2D eigenvalue weighted by atomic mass is 16.5. The molecule has 69 heavy (non-hydrogen) atoms. The minimum Gasteiger partial charge on any atom is -0.466 e. The molecule has 0 aromatic heterocycles. The zero-order valence-electron chi connectivity index (χ0n) is 46.3. The Morgan fingerprint density at radius 3 is 1.14 bits per heavy atom. The van der Waals surface area contributed by atoms with Crippen LogP contribution in [0.15, 0.2) is 36.5 Å². The Morgan fingerprint density at radius 2 is 0.725 bits per heavy atom. The number of aliphatic hydroxyl groups excluding tert-OH is 2. The van der Waals surface area contributed by atoms with E-state index in [9.17, 15) is 19.8 Å². The number of amides is 1. The first-order valence-electron chi connectivity index (χ1n) is 30.7. The largest absolute Gasteiger partial charge is 0.466 e. The summed E-state index contributed by atoms with van der Waals surface area (Å²) in [5.74, 6) is -0.0350. The van der Waals surface area contributed by atoms with E-state index in [1.54, 1.807) is 0 Å². The van der Waals surface area contributed by atoms with Crippen molar-refractivity contribution >= 4 is 11.9 Å². The zero-order chi connectivity index (χ0) is 50.0. The molecule has 0 aliphatic heterocycles. The second-order valence-corrected chi connectivity index (χ2v) is 21.0. The Hall–Kier alpha value is -1.92. The van der Waals surface area contributed by atoms with Gasteiger partial charge in [-0.25, -0.2) is 0 Å². The maximum atomic E-state index is 12.4. The van der Waals surface area contributed by atoms with Crippen molar-refractivity contribution in [3.63, 3.8) is 0 Å². The van der Waals surface area contributed by atoms with E-state index in [2.05, 4.69) is 55.6 Å². The van der Waals surface area contributed by atoms with Gasteiger partial charge in [-0.2, -0.15) is 0 Å². The van der Waals surface area contributed by atoms with Crippen molar-refractivity contribution in [1.82, 2.24) is 5.32 Å². The second-order valence-electron chi connectivity index (χ2n) is 21.0. The summed E-state index contributed by atoms with van der Waals surface area (Å²) in [4.78, 5) is 24.5. The lowest BCUT2D eigenvalue weighted by Gasteiger charge is -2.22. The van der Waals surface area contributed by atoms with Crippen molar-refractivity contribution in [3.05, 3.63) is 36.5 Å². The molecule has 0 aromatic carbocycles. The van der Waals surface area contributed by atoms with Gasteiger partial charge in [0.15, 0.2) is 0 Å². The molecule has 0 aliphatic carbocycles. The summed E-state index contributed by atoms with van der Waals surface area (Å²) >= 11 is 0. The van der Waals surface area contributed by atoms with Crippen molar-refractivity contribution in [2.75, 3.05) is 13.2 Å². The Bertz CT molecular complexity index is 1120. The molecule has 0 bridgehead atoms. The summed E-state index contributed by atoms with van der Waals surface area (Å²) in [7, 11) is 0. The summed E-state index contributed by atoms with van der Waals surface area (Å²) in [5.41, 5.74) is 0. The van der Waals surface area contributed by atoms with Crippen molar-refractivity contribution < 1.29 is 24.5 Å². The van der Waals surface area contributed by atoms with E-state index >= 15 is 0 Å². The highest BCUT2D eigenvalue weighted by molar-refractivity contribution is 5.76. The van der Waals surface area contributed by atoms with Gasteiger partial charge in [-0.3, -0.25) is 9.59 Å². The smallest absolute Gasteiger partial charge is 0.305 e. The monoisotopic (exact) mass is 970 g/mol. The molecule has 0 aliphatic rings. The highest BCUT2D eigenvalue weighted by Crippen LogP contribution is 2.17. The normalized spacial score (nSPS) is 12.8. The van der Waals surface area contributed by atoms with Gasteiger partial charge in [0.25, 0.3) is 0 Å². The van der Waals surface area contributed by atoms with Gasteiger partial charge in [-0.05, 0) is 83.5 Å². The molecule has 0 fully saturated rings. The number of ether oxygens (including phenoxy) is 1. The molecule has 2 unspecified atom stereocenters. The van der Waals surface area contributed by atoms with Gasteiger partial charge in [0, 0.05) is 12.8 Å². The highest BCUT2D eigenvalue weighted by Gasteiger charge is 2.20. The number of hydrogen-bond donors (Lipinski definition) is 3. The Balaban J connectivity index is 3.37. The molecule has 0 radical (unpaired) electrons. The van der Waals surface area contributed by atoms with Gasteiger partial charge in [0.1, 0.15) is 0 Å². The molecule has 2 atom stereocenters. The molecule has 1 amide bonds. The van der Waals surface area contributed by atoms with E-state index in [0.29, 0.717) is 25.9 Å². The third-order valence-corrected chi connectivity index (χ3v) is 14.2. The predicted molar refractivity (Wildman–Crippen MR) is 301 cm³/mol. The fourth-order valence-corrected chi connectivity index (χ4v) is 9.43. The van der Waals surface area contributed by atoms with Gasteiger partial charge >= 0.3 is 5.97 Å². The lowest BCUT2D eigenvalue weighted by Crippen LogP contribution is -2.45. The Kier molecular flexibility index (Phi) is 57.0. The third-order valence-electron chi connectivity index (χ3n) is 14.2. The fraction of sp³-hybridized carbons (Fsp3) is 0.873. The van der Waals surface area contributed by atoms with E-state index < -0.39 is 12.1 Å². The number of hydrogen-bond acceptors (Lipinski definition) is 5. The first-order valence-corrected chi connectivity index (χ1v) is 30.7. The van der Waals surface area contributed by atoms with E-state index in [1.165, 1.54) is 244 Å². The number of carbonyl (C=O) groups is 2. The molecule has 0 spiro atoms. The van der Waals surface area contributed by atoms with E-state index in [0.717, 1.165) is 51.4 Å². The summed E-state index contributed by atoms with van der Waals surface area (Å²) in [5, 5.41) is 23.1. The van der Waals surface area contributed by atoms with Gasteiger partial charge in [0.2, 0.25) is 5.91 Å². The minimum absolute atomic E-state index is 0.00763. The first kappa shape index (κ1) is 67.1. The van der Waals surface area contributed by atoms with Crippen LogP contribution in [-0.4, -0.2) is 47.4 Å². The molecule has 406 valence electrons. The summed E-state index contributed by atoms with van der Waals surface area (Å²) in [6.07, 6.45) is 73.0. The number of esters is 1.